The lowest BCUT2D eigenvalue weighted by Crippen LogP contribution is -2.51. The minimum Gasteiger partial charge on any atom is -0.497 e. The Hall–Kier alpha value is -6.57. The highest BCUT2D eigenvalue weighted by Gasteiger charge is 2.66. The number of rotatable bonds is 12. The maximum atomic E-state index is 15.7. The summed E-state index contributed by atoms with van der Waals surface area (Å²) in [6.45, 7) is 7.49. The van der Waals surface area contributed by atoms with Crippen LogP contribution < -0.4 is 24.5 Å². The molecule has 2 amide bonds. The molecule has 4 heterocycles. The van der Waals surface area contributed by atoms with Crippen molar-refractivity contribution in [1.82, 2.24) is 15.0 Å². The number of aromatic nitrogens is 3. The molecule has 6 aromatic carbocycles. The number of halogens is 1. The predicted octanol–water partition coefficient (Wildman–Crippen LogP) is 10.0. The van der Waals surface area contributed by atoms with Crippen molar-refractivity contribution < 1.29 is 28.9 Å². The molecule has 66 heavy (non-hydrogen) atoms. The summed E-state index contributed by atoms with van der Waals surface area (Å²) in [6, 6.07) is 46.3. The maximum absolute atomic E-state index is 15.7. The van der Waals surface area contributed by atoms with Gasteiger partial charge in [0, 0.05) is 34.9 Å². The standard InChI is InChI=1S/C53H50ClN5O6Si/c1-34-50(66(3,4)40-24-22-39(63-2)23-25-40)49(27-28-57-32-44(55-56-57)42(33-60)36-14-6-5-7-15-36)65-53(34)43-30-37(54)21-26-45(43)58(52(53)62)31-35-13-12-16-38(29-35)59-46-18-9-11-20-48(46)64-47-19-10-8-17-41(47)51(59)61/h5-26,29-30,32,34,42,49-50,60H,27-28,31,33H2,1-4H3/t34-,42?,49+,50-,53+/m1/s1. The zero-order valence-corrected chi connectivity index (χ0v) is 38.9. The van der Waals surface area contributed by atoms with E-state index in [4.69, 9.17) is 25.8 Å². The van der Waals surface area contributed by atoms with Gasteiger partial charge in [0.15, 0.2) is 11.4 Å². The minimum absolute atomic E-state index is 0.0262. The third kappa shape index (κ3) is 7.38. The van der Waals surface area contributed by atoms with Crippen LogP contribution in [0.1, 0.15) is 52.0 Å². The fourth-order valence-electron chi connectivity index (χ4n) is 10.7. The zero-order chi connectivity index (χ0) is 45.7. The van der Waals surface area contributed by atoms with Gasteiger partial charge in [0.1, 0.15) is 11.5 Å². The second-order valence-electron chi connectivity index (χ2n) is 17.9. The molecule has 13 heteroatoms. The van der Waals surface area contributed by atoms with Gasteiger partial charge >= 0.3 is 0 Å². The molecule has 0 radical (unpaired) electrons. The lowest BCUT2D eigenvalue weighted by Gasteiger charge is -2.37. The van der Waals surface area contributed by atoms with Crippen LogP contribution in [0.2, 0.25) is 23.7 Å². The first kappa shape index (κ1) is 43.3. The SMILES string of the molecule is COc1ccc([Si](C)(C)[C@H]2[C@H](CCn3cc(C(CO)c4ccccc4)nn3)O[C@@]3(C(=O)N(Cc4cccc(N5C(=O)c6ccccc6Oc6ccccc65)c4)c4ccc(Cl)cc43)[C@@H]2C)cc1. The number of fused-ring (bicyclic) bond motifs is 4. The summed E-state index contributed by atoms with van der Waals surface area (Å²) in [5.74, 6) is 0.887. The van der Waals surface area contributed by atoms with Gasteiger partial charge in [-0.05, 0) is 89.8 Å². The molecule has 7 aromatic rings. The summed E-state index contributed by atoms with van der Waals surface area (Å²) in [5.41, 5.74) is 4.30. The number of hydrogen-bond acceptors (Lipinski definition) is 8. The lowest BCUT2D eigenvalue weighted by molar-refractivity contribution is -0.146. The number of aliphatic hydroxyl groups is 1. The quantitative estimate of drug-likeness (QED) is 0.120. The smallest absolute Gasteiger partial charge is 0.266 e. The van der Waals surface area contributed by atoms with E-state index in [-0.39, 0.29) is 48.4 Å². The number of hydrogen-bond donors (Lipinski definition) is 1. The van der Waals surface area contributed by atoms with Crippen molar-refractivity contribution in [2.45, 2.75) is 62.7 Å². The largest absolute Gasteiger partial charge is 0.497 e. The van der Waals surface area contributed by atoms with Crippen LogP contribution in [0.3, 0.4) is 0 Å². The van der Waals surface area contributed by atoms with Crippen molar-refractivity contribution in [3.8, 4) is 17.2 Å². The van der Waals surface area contributed by atoms with Crippen LogP contribution in [0.4, 0.5) is 17.1 Å². The first-order chi connectivity index (χ1) is 32.0. The summed E-state index contributed by atoms with van der Waals surface area (Å²) in [6.07, 6.45) is 2.11. The number of carbonyl (C=O) groups excluding carboxylic acids is 2. The Morgan fingerprint density at radius 3 is 2.36 bits per heavy atom. The predicted molar refractivity (Wildman–Crippen MR) is 258 cm³/mol. The van der Waals surface area contributed by atoms with E-state index in [0.29, 0.717) is 52.1 Å². The maximum Gasteiger partial charge on any atom is 0.266 e. The van der Waals surface area contributed by atoms with E-state index in [1.54, 1.807) is 24.1 Å². The van der Waals surface area contributed by atoms with Crippen LogP contribution in [0.5, 0.6) is 17.2 Å². The minimum atomic E-state index is -2.47. The molecule has 1 aromatic heterocycles. The van der Waals surface area contributed by atoms with Crippen LogP contribution in [0, 0.1) is 5.92 Å². The van der Waals surface area contributed by atoms with Gasteiger partial charge in [-0.25, -0.2) is 0 Å². The van der Waals surface area contributed by atoms with Crippen LogP contribution in [-0.4, -0.2) is 59.8 Å². The summed E-state index contributed by atoms with van der Waals surface area (Å²) in [7, 11) is -0.798. The Kier molecular flexibility index (Phi) is 11.4. The second-order valence-corrected chi connectivity index (χ2v) is 23.1. The number of anilines is 3. The van der Waals surface area contributed by atoms with E-state index in [9.17, 15) is 9.90 Å². The molecular weight excluding hydrogens is 866 g/mol. The molecule has 334 valence electrons. The van der Waals surface area contributed by atoms with Gasteiger partial charge in [-0.2, -0.15) is 0 Å². The molecule has 1 fully saturated rings. The number of para-hydroxylation sites is 3. The van der Waals surface area contributed by atoms with Gasteiger partial charge in [0.05, 0.1) is 63.0 Å². The van der Waals surface area contributed by atoms with E-state index >= 15 is 4.79 Å². The van der Waals surface area contributed by atoms with Crippen molar-refractivity contribution in [3.05, 3.63) is 185 Å². The van der Waals surface area contributed by atoms with Crippen LogP contribution >= 0.6 is 11.6 Å². The van der Waals surface area contributed by atoms with E-state index < -0.39 is 13.7 Å². The van der Waals surface area contributed by atoms with Gasteiger partial charge in [-0.15, -0.1) is 5.10 Å². The monoisotopic (exact) mass is 915 g/mol. The fourth-order valence-corrected chi connectivity index (χ4v) is 14.9. The normalized spacial score (nSPS) is 20.4. The molecule has 3 aliphatic rings. The summed E-state index contributed by atoms with van der Waals surface area (Å²) in [5, 5.41) is 21.1. The van der Waals surface area contributed by atoms with E-state index in [1.807, 2.05) is 137 Å². The molecule has 1 saturated heterocycles. The van der Waals surface area contributed by atoms with Crippen molar-refractivity contribution in [3.63, 3.8) is 0 Å². The Morgan fingerprint density at radius 1 is 0.848 bits per heavy atom. The molecule has 0 bridgehead atoms. The molecular formula is C53H50ClN5O6Si. The van der Waals surface area contributed by atoms with E-state index in [0.717, 1.165) is 28.1 Å². The van der Waals surface area contributed by atoms with Gasteiger partial charge in [0.25, 0.3) is 11.8 Å². The molecule has 10 rings (SSSR count). The fraction of sp³-hybridized carbons (Fsp3) is 0.245. The molecule has 1 unspecified atom stereocenters. The number of benzene rings is 6. The highest BCUT2D eigenvalue weighted by Crippen LogP contribution is 2.60. The number of methoxy groups -OCH3 is 1. The van der Waals surface area contributed by atoms with Crippen molar-refractivity contribution >= 4 is 53.7 Å². The summed E-state index contributed by atoms with van der Waals surface area (Å²) >= 11 is 6.84. The third-order valence-corrected chi connectivity index (χ3v) is 18.5. The van der Waals surface area contributed by atoms with E-state index in [1.165, 1.54) is 5.19 Å². The Bertz CT molecular complexity index is 2950. The van der Waals surface area contributed by atoms with Gasteiger partial charge in [0.2, 0.25) is 0 Å². The van der Waals surface area contributed by atoms with Crippen molar-refractivity contribution in [2.24, 2.45) is 5.92 Å². The van der Waals surface area contributed by atoms with Crippen LogP contribution in [0.25, 0.3) is 0 Å². The molecule has 0 aliphatic carbocycles. The first-order valence-electron chi connectivity index (χ1n) is 22.3. The number of carbonyl (C=O) groups is 2. The highest BCUT2D eigenvalue weighted by molar-refractivity contribution is 6.91. The van der Waals surface area contributed by atoms with Gasteiger partial charge in [-0.3, -0.25) is 19.2 Å². The van der Waals surface area contributed by atoms with Crippen LogP contribution in [-0.2, 0) is 28.2 Å². The summed E-state index contributed by atoms with van der Waals surface area (Å²) in [4.78, 5) is 33.5. The average molecular weight is 917 g/mol. The zero-order valence-electron chi connectivity index (χ0n) is 37.2. The number of nitrogens with zero attached hydrogens (tertiary/aromatic N) is 5. The van der Waals surface area contributed by atoms with Crippen LogP contribution in [0.15, 0.2) is 152 Å². The average Bonchev–Trinajstić information content (AvgIpc) is 3.96. The number of aliphatic hydroxyl groups excluding tert-OH is 1. The van der Waals surface area contributed by atoms with Crippen molar-refractivity contribution in [1.29, 1.82) is 0 Å². The van der Waals surface area contributed by atoms with Crippen molar-refractivity contribution in [2.75, 3.05) is 23.5 Å². The number of ether oxygens (including phenoxy) is 3. The van der Waals surface area contributed by atoms with E-state index in [2.05, 4.69) is 42.5 Å². The second kappa shape index (κ2) is 17.3. The molecule has 11 nitrogen and oxygen atoms in total. The Balaban J connectivity index is 1.00. The Labute approximate surface area is 390 Å². The number of aryl methyl sites for hydroxylation is 1. The topological polar surface area (TPSA) is 119 Å². The summed E-state index contributed by atoms with van der Waals surface area (Å²) < 4.78 is 21.1. The molecule has 5 atom stereocenters. The Morgan fingerprint density at radius 2 is 1.59 bits per heavy atom. The van der Waals surface area contributed by atoms with Gasteiger partial charge < -0.3 is 24.2 Å². The third-order valence-electron chi connectivity index (χ3n) is 13.9. The lowest BCUT2D eigenvalue weighted by atomic mass is 9.82. The molecule has 1 spiro atoms. The first-order valence-corrected chi connectivity index (χ1v) is 25.8. The number of amides is 2. The molecule has 0 saturated carbocycles. The molecule has 1 N–H and O–H groups in total. The molecule has 3 aliphatic heterocycles. The highest BCUT2D eigenvalue weighted by atomic mass is 35.5. The van der Waals surface area contributed by atoms with Gasteiger partial charge in [-0.1, -0.05) is 121 Å².